The van der Waals surface area contributed by atoms with Gasteiger partial charge in [0.2, 0.25) is 11.7 Å². The van der Waals surface area contributed by atoms with E-state index in [0.29, 0.717) is 18.1 Å². The Morgan fingerprint density at radius 3 is 2.73 bits per heavy atom. The highest BCUT2D eigenvalue weighted by Gasteiger charge is 2.29. The molecule has 1 rings (SSSR count). The van der Waals surface area contributed by atoms with Crippen molar-refractivity contribution in [3.8, 4) is 0 Å². The Hall–Kier alpha value is -0.940. The number of aromatic nitrogens is 2. The van der Waals surface area contributed by atoms with Crippen LogP contribution in [0.15, 0.2) is 4.52 Å². The van der Waals surface area contributed by atoms with Gasteiger partial charge in [0.1, 0.15) is 5.60 Å². The van der Waals surface area contributed by atoms with Gasteiger partial charge in [-0.25, -0.2) is 0 Å². The van der Waals surface area contributed by atoms with E-state index in [1.807, 2.05) is 20.8 Å². The summed E-state index contributed by atoms with van der Waals surface area (Å²) in [6, 6.07) is 0.0220. The van der Waals surface area contributed by atoms with Crippen molar-refractivity contribution in [3.05, 3.63) is 11.7 Å². The first-order chi connectivity index (χ1) is 7.01. The Kier molecular flexibility index (Phi) is 3.82. The molecular weight excluding hydrogens is 194 g/mol. The van der Waals surface area contributed by atoms with Crippen LogP contribution in [0.1, 0.15) is 38.9 Å². The minimum atomic E-state index is -0.473. The number of rotatable bonds is 5. The van der Waals surface area contributed by atoms with Crippen molar-refractivity contribution in [2.75, 3.05) is 7.11 Å². The molecular formula is C10H19N3O2. The molecule has 2 atom stereocenters. The van der Waals surface area contributed by atoms with Crippen LogP contribution >= 0.6 is 0 Å². The van der Waals surface area contributed by atoms with Gasteiger partial charge < -0.3 is 15.0 Å². The smallest absolute Gasteiger partial charge is 0.228 e. The average molecular weight is 213 g/mol. The molecule has 2 unspecified atom stereocenters. The van der Waals surface area contributed by atoms with E-state index in [0.717, 1.165) is 6.42 Å². The van der Waals surface area contributed by atoms with E-state index in [1.165, 1.54) is 0 Å². The summed E-state index contributed by atoms with van der Waals surface area (Å²) in [5.74, 6) is 1.15. The molecule has 5 heteroatoms. The van der Waals surface area contributed by atoms with Crippen LogP contribution in [-0.2, 0) is 16.8 Å². The third kappa shape index (κ3) is 2.76. The molecule has 1 heterocycles. The predicted octanol–water partition coefficient (Wildman–Crippen LogP) is 1.23. The van der Waals surface area contributed by atoms with Gasteiger partial charge in [0.15, 0.2) is 0 Å². The highest BCUT2D eigenvalue weighted by Crippen LogP contribution is 2.25. The molecule has 0 spiro atoms. The number of ether oxygens (including phenoxy) is 1. The van der Waals surface area contributed by atoms with E-state index < -0.39 is 5.60 Å². The molecule has 0 aliphatic carbocycles. The van der Waals surface area contributed by atoms with Gasteiger partial charge in [-0.15, -0.1) is 0 Å². The summed E-state index contributed by atoms with van der Waals surface area (Å²) in [5.41, 5.74) is 5.18. The van der Waals surface area contributed by atoms with Crippen LogP contribution in [0.2, 0.25) is 0 Å². The topological polar surface area (TPSA) is 74.2 Å². The molecule has 1 aromatic heterocycles. The fraction of sp³-hybridized carbons (Fsp3) is 0.800. The van der Waals surface area contributed by atoms with E-state index >= 15 is 0 Å². The molecule has 5 nitrogen and oxygen atoms in total. The van der Waals surface area contributed by atoms with Crippen molar-refractivity contribution in [2.45, 2.75) is 45.3 Å². The van der Waals surface area contributed by atoms with Crippen molar-refractivity contribution in [1.82, 2.24) is 10.1 Å². The zero-order valence-electron chi connectivity index (χ0n) is 9.78. The number of hydrogen-bond acceptors (Lipinski definition) is 5. The highest BCUT2D eigenvalue weighted by molar-refractivity contribution is 4.99. The second-order valence-corrected chi connectivity index (χ2v) is 3.98. The number of nitrogens with zero attached hydrogens (tertiary/aromatic N) is 2. The summed E-state index contributed by atoms with van der Waals surface area (Å²) in [4.78, 5) is 4.28. The number of methoxy groups -OCH3 is 1. The van der Waals surface area contributed by atoms with Crippen LogP contribution in [0.25, 0.3) is 0 Å². The van der Waals surface area contributed by atoms with Crippen molar-refractivity contribution < 1.29 is 9.26 Å². The maximum absolute atomic E-state index is 5.65. The summed E-state index contributed by atoms with van der Waals surface area (Å²) in [6.07, 6.45) is 1.39. The molecule has 0 amide bonds. The first-order valence-corrected chi connectivity index (χ1v) is 5.15. The Labute approximate surface area is 90.0 Å². The van der Waals surface area contributed by atoms with Gasteiger partial charge in [-0.1, -0.05) is 12.1 Å². The normalized spacial score (nSPS) is 17.4. The number of hydrogen-bond donors (Lipinski definition) is 1. The van der Waals surface area contributed by atoms with Gasteiger partial charge in [-0.3, -0.25) is 0 Å². The van der Waals surface area contributed by atoms with Crippen molar-refractivity contribution in [2.24, 2.45) is 5.73 Å². The Morgan fingerprint density at radius 2 is 2.27 bits per heavy atom. The van der Waals surface area contributed by atoms with Crippen molar-refractivity contribution in [1.29, 1.82) is 0 Å². The second-order valence-electron chi connectivity index (χ2n) is 3.98. The lowest BCUT2D eigenvalue weighted by Gasteiger charge is -2.21. The number of nitrogens with two attached hydrogens (primary N) is 1. The molecule has 0 radical (unpaired) electrons. The molecule has 0 aliphatic heterocycles. The summed E-state index contributed by atoms with van der Waals surface area (Å²) in [5, 5.41) is 3.92. The summed E-state index contributed by atoms with van der Waals surface area (Å²) < 4.78 is 10.5. The van der Waals surface area contributed by atoms with Gasteiger partial charge >= 0.3 is 0 Å². The molecule has 86 valence electrons. The van der Waals surface area contributed by atoms with E-state index in [-0.39, 0.29) is 6.04 Å². The van der Waals surface area contributed by atoms with Gasteiger partial charge in [0.25, 0.3) is 0 Å². The fourth-order valence-electron chi connectivity index (χ4n) is 1.22. The summed E-state index contributed by atoms with van der Waals surface area (Å²) >= 11 is 0. The molecule has 0 saturated carbocycles. The fourth-order valence-corrected chi connectivity index (χ4v) is 1.22. The zero-order valence-corrected chi connectivity index (χ0v) is 9.78. The first-order valence-electron chi connectivity index (χ1n) is 5.15. The van der Waals surface area contributed by atoms with E-state index in [9.17, 15) is 0 Å². The molecule has 2 N–H and O–H groups in total. The zero-order chi connectivity index (χ0) is 11.5. The van der Waals surface area contributed by atoms with E-state index in [4.69, 9.17) is 15.0 Å². The maximum Gasteiger partial charge on any atom is 0.228 e. The van der Waals surface area contributed by atoms with Crippen LogP contribution < -0.4 is 5.73 Å². The molecule has 0 aromatic carbocycles. The Balaban J connectivity index is 2.83. The Morgan fingerprint density at radius 1 is 1.60 bits per heavy atom. The van der Waals surface area contributed by atoms with E-state index in [2.05, 4.69) is 10.1 Å². The lowest BCUT2D eigenvalue weighted by Crippen LogP contribution is -2.25. The molecule has 0 saturated heterocycles. The predicted molar refractivity (Wildman–Crippen MR) is 56.3 cm³/mol. The van der Waals surface area contributed by atoms with Crippen LogP contribution in [0.4, 0.5) is 0 Å². The van der Waals surface area contributed by atoms with Gasteiger partial charge in [0.05, 0.1) is 0 Å². The Bertz CT molecular complexity index is 305. The van der Waals surface area contributed by atoms with Crippen LogP contribution in [0.3, 0.4) is 0 Å². The summed E-state index contributed by atoms with van der Waals surface area (Å²) in [7, 11) is 1.64. The van der Waals surface area contributed by atoms with E-state index in [1.54, 1.807) is 7.11 Å². The highest BCUT2D eigenvalue weighted by atomic mass is 16.5. The lowest BCUT2D eigenvalue weighted by atomic mass is 10.0. The average Bonchev–Trinajstić information content (AvgIpc) is 2.64. The van der Waals surface area contributed by atoms with Crippen molar-refractivity contribution >= 4 is 0 Å². The van der Waals surface area contributed by atoms with Gasteiger partial charge in [-0.05, 0) is 20.3 Å². The first kappa shape index (κ1) is 12.1. The second kappa shape index (κ2) is 4.72. The standard InChI is InChI=1S/C10H19N3O2/c1-5-10(3,14-4)9-12-8(15-13-9)6-7(2)11/h7H,5-6,11H2,1-4H3. The molecule has 0 fully saturated rings. The third-order valence-electron chi connectivity index (χ3n) is 2.56. The molecule has 15 heavy (non-hydrogen) atoms. The van der Waals surface area contributed by atoms with Crippen LogP contribution in [-0.4, -0.2) is 23.3 Å². The van der Waals surface area contributed by atoms with Crippen molar-refractivity contribution in [3.63, 3.8) is 0 Å². The van der Waals surface area contributed by atoms with Crippen LogP contribution in [0, 0.1) is 0 Å². The minimum absolute atomic E-state index is 0.0220. The molecule has 1 aromatic rings. The lowest BCUT2D eigenvalue weighted by molar-refractivity contribution is -0.0106. The molecule has 0 bridgehead atoms. The van der Waals surface area contributed by atoms with Gasteiger partial charge in [0, 0.05) is 19.6 Å². The third-order valence-corrected chi connectivity index (χ3v) is 2.56. The SMILES string of the molecule is CCC(C)(OC)c1noc(CC(C)N)n1. The quantitative estimate of drug-likeness (QED) is 0.796. The maximum atomic E-state index is 5.65. The summed E-state index contributed by atoms with van der Waals surface area (Å²) in [6.45, 7) is 5.86. The van der Waals surface area contributed by atoms with Gasteiger partial charge in [-0.2, -0.15) is 4.98 Å². The monoisotopic (exact) mass is 213 g/mol. The molecule has 0 aliphatic rings. The van der Waals surface area contributed by atoms with Crippen LogP contribution in [0.5, 0.6) is 0 Å². The minimum Gasteiger partial charge on any atom is -0.370 e. The largest absolute Gasteiger partial charge is 0.370 e.